The number of ether oxygens (including phenoxy) is 1. The molecule has 22 heavy (non-hydrogen) atoms. The Kier molecular flexibility index (Phi) is 4.93. The van der Waals surface area contributed by atoms with E-state index in [4.69, 9.17) is 17.0 Å². The highest BCUT2D eigenvalue weighted by molar-refractivity contribution is 8.26. The minimum Gasteiger partial charge on any atom is -0.370 e. The summed E-state index contributed by atoms with van der Waals surface area (Å²) in [6.07, 6.45) is 1.92. The Morgan fingerprint density at radius 2 is 2.00 bits per heavy atom. The molecule has 116 valence electrons. The van der Waals surface area contributed by atoms with Gasteiger partial charge in [0.1, 0.15) is 13.1 Å². The molecule has 2 fully saturated rings. The number of carbonyl (C=O) groups is 1. The van der Waals surface area contributed by atoms with Gasteiger partial charge in [0, 0.05) is 0 Å². The predicted octanol–water partition coefficient (Wildman–Crippen LogP) is 1.07. The number of aryl methyl sites for hydroxylation is 1. The highest BCUT2D eigenvalue weighted by Gasteiger charge is 2.34. The van der Waals surface area contributed by atoms with Gasteiger partial charge in [-0.3, -0.25) is 4.79 Å². The number of quaternary nitrogens is 1. The molecular formula is C16H19N2O2S2+. The van der Waals surface area contributed by atoms with Crippen molar-refractivity contribution in [3.63, 3.8) is 0 Å². The van der Waals surface area contributed by atoms with E-state index in [0.29, 0.717) is 15.9 Å². The average Bonchev–Trinajstić information content (AvgIpc) is 2.78. The molecule has 0 spiro atoms. The van der Waals surface area contributed by atoms with Crippen molar-refractivity contribution in [3.8, 4) is 0 Å². The van der Waals surface area contributed by atoms with E-state index in [1.54, 1.807) is 4.90 Å². The number of amides is 1. The molecule has 0 bridgehead atoms. The largest absolute Gasteiger partial charge is 0.370 e. The first kappa shape index (κ1) is 15.7. The van der Waals surface area contributed by atoms with Gasteiger partial charge in [-0.05, 0) is 18.6 Å². The number of hydrogen-bond donors (Lipinski definition) is 1. The van der Waals surface area contributed by atoms with E-state index in [1.165, 1.54) is 22.2 Å². The van der Waals surface area contributed by atoms with E-state index in [-0.39, 0.29) is 5.91 Å². The molecule has 4 nitrogen and oxygen atoms in total. The lowest BCUT2D eigenvalue weighted by Crippen LogP contribution is -3.15. The van der Waals surface area contributed by atoms with E-state index in [1.807, 2.05) is 37.3 Å². The topological polar surface area (TPSA) is 34.0 Å². The molecule has 0 aliphatic carbocycles. The lowest BCUT2D eigenvalue weighted by Gasteiger charge is -2.27. The number of hydrogen-bond acceptors (Lipinski definition) is 4. The van der Waals surface area contributed by atoms with Crippen LogP contribution in [0.2, 0.25) is 0 Å². The van der Waals surface area contributed by atoms with Crippen LogP contribution in [0.25, 0.3) is 6.08 Å². The third-order valence-corrected chi connectivity index (χ3v) is 5.21. The van der Waals surface area contributed by atoms with Gasteiger partial charge in [0.25, 0.3) is 5.91 Å². The molecular weight excluding hydrogens is 316 g/mol. The highest BCUT2D eigenvalue weighted by atomic mass is 32.2. The molecule has 1 aromatic carbocycles. The second-order valence-electron chi connectivity index (χ2n) is 5.54. The second-order valence-corrected chi connectivity index (χ2v) is 7.22. The van der Waals surface area contributed by atoms with Crippen molar-refractivity contribution in [2.75, 3.05) is 33.0 Å². The zero-order valence-electron chi connectivity index (χ0n) is 12.5. The van der Waals surface area contributed by atoms with Crippen LogP contribution in [-0.2, 0) is 9.53 Å². The maximum absolute atomic E-state index is 12.6. The quantitative estimate of drug-likeness (QED) is 0.662. The van der Waals surface area contributed by atoms with Gasteiger partial charge in [0.15, 0.2) is 11.0 Å². The zero-order chi connectivity index (χ0) is 15.5. The van der Waals surface area contributed by atoms with Crippen LogP contribution in [0.15, 0.2) is 29.2 Å². The van der Waals surface area contributed by atoms with E-state index < -0.39 is 0 Å². The highest BCUT2D eigenvalue weighted by Crippen LogP contribution is 2.31. The summed E-state index contributed by atoms with van der Waals surface area (Å²) in [4.78, 5) is 16.3. The fraction of sp³-hybridized carbons (Fsp3) is 0.375. The van der Waals surface area contributed by atoms with Crippen molar-refractivity contribution in [1.29, 1.82) is 0 Å². The Balaban J connectivity index is 1.71. The smallest absolute Gasteiger partial charge is 0.270 e. The number of thiocarbonyl (C=S) groups is 1. The summed E-state index contributed by atoms with van der Waals surface area (Å²) in [5, 5.41) is 0. The molecule has 0 unspecified atom stereocenters. The van der Waals surface area contributed by atoms with E-state index >= 15 is 0 Å². The Bertz CT molecular complexity index is 607. The van der Waals surface area contributed by atoms with Gasteiger partial charge in [-0.1, -0.05) is 53.8 Å². The molecule has 2 heterocycles. The van der Waals surface area contributed by atoms with Crippen molar-refractivity contribution >= 4 is 40.3 Å². The molecule has 0 radical (unpaired) electrons. The monoisotopic (exact) mass is 335 g/mol. The van der Waals surface area contributed by atoms with E-state index in [0.717, 1.165) is 31.9 Å². The molecule has 1 N–H and O–H groups in total. The second kappa shape index (κ2) is 6.91. The summed E-state index contributed by atoms with van der Waals surface area (Å²) in [5.41, 5.74) is 2.24. The molecule has 1 amide bonds. The van der Waals surface area contributed by atoms with Gasteiger partial charge < -0.3 is 9.64 Å². The lowest BCUT2D eigenvalue weighted by molar-refractivity contribution is -0.914. The van der Waals surface area contributed by atoms with Gasteiger partial charge in [-0.15, -0.1) is 0 Å². The lowest BCUT2D eigenvalue weighted by atomic mass is 10.1. The predicted molar refractivity (Wildman–Crippen MR) is 92.6 cm³/mol. The number of morpholine rings is 1. The number of nitrogens with one attached hydrogen (secondary N) is 1. The van der Waals surface area contributed by atoms with Crippen molar-refractivity contribution in [1.82, 2.24) is 4.90 Å². The fourth-order valence-corrected chi connectivity index (χ4v) is 3.75. The number of carbonyl (C=O) groups excluding carboxylic acids is 1. The molecule has 2 aliphatic rings. The Labute approximate surface area is 140 Å². The molecule has 0 aromatic heterocycles. The van der Waals surface area contributed by atoms with Crippen molar-refractivity contribution in [2.45, 2.75) is 6.92 Å². The Morgan fingerprint density at radius 1 is 1.32 bits per heavy atom. The standard InChI is InChI=1S/C16H18N2O2S2/c1-12-2-4-13(5-3-12)10-14-15(19)18(16(21)22-14)11-17-6-8-20-9-7-17/h2-5,10H,6-9,11H2,1H3/p+1/b14-10+. The normalized spacial score (nSPS) is 21.9. The summed E-state index contributed by atoms with van der Waals surface area (Å²) < 4.78 is 6.01. The van der Waals surface area contributed by atoms with Crippen molar-refractivity contribution in [3.05, 3.63) is 40.3 Å². The van der Waals surface area contributed by atoms with Crippen molar-refractivity contribution < 1.29 is 14.4 Å². The van der Waals surface area contributed by atoms with Gasteiger partial charge in [-0.2, -0.15) is 0 Å². The summed E-state index contributed by atoms with van der Waals surface area (Å²) in [5.74, 6) is 0.0227. The van der Waals surface area contributed by atoms with E-state index in [2.05, 4.69) is 0 Å². The first-order chi connectivity index (χ1) is 10.6. The molecule has 2 aliphatic heterocycles. The van der Waals surface area contributed by atoms with Crippen LogP contribution in [0, 0.1) is 6.92 Å². The number of rotatable bonds is 3. The van der Waals surface area contributed by atoms with Gasteiger partial charge >= 0.3 is 0 Å². The maximum atomic E-state index is 12.6. The number of thioether (sulfide) groups is 1. The van der Waals surface area contributed by atoms with Crippen LogP contribution in [0.3, 0.4) is 0 Å². The Morgan fingerprint density at radius 3 is 2.68 bits per heavy atom. The minimum atomic E-state index is 0.0227. The van der Waals surface area contributed by atoms with Crippen LogP contribution in [0.1, 0.15) is 11.1 Å². The zero-order valence-corrected chi connectivity index (χ0v) is 14.1. The molecule has 6 heteroatoms. The van der Waals surface area contributed by atoms with Gasteiger partial charge in [0.05, 0.1) is 18.1 Å². The third kappa shape index (κ3) is 3.57. The maximum Gasteiger partial charge on any atom is 0.270 e. The van der Waals surface area contributed by atoms with Crippen molar-refractivity contribution in [2.24, 2.45) is 0 Å². The molecule has 0 saturated carbocycles. The average molecular weight is 335 g/mol. The van der Waals surface area contributed by atoms with E-state index in [9.17, 15) is 4.79 Å². The minimum absolute atomic E-state index is 0.0227. The van der Waals surface area contributed by atoms with Crippen LogP contribution < -0.4 is 4.90 Å². The molecule has 0 atom stereocenters. The summed E-state index contributed by atoms with van der Waals surface area (Å²) in [6.45, 7) is 6.04. The molecule has 1 aromatic rings. The van der Waals surface area contributed by atoms with Gasteiger partial charge in [-0.25, -0.2) is 4.90 Å². The van der Waals surface area contributed by atoms with Crippen LogP contribution >= 0.6 is 24.0 Å². The fourth-order valence-electron chi connectivity index (χ4n) is 2.49. The number of benzene rings is 1. The van der Waals surface area contributed by atoms with Crippen LogP contribution in [0.4, 0.5) is 0 Å². The first-order valence-corrected chi connectivity index (χ1v) is 8.59. The Hall–Kier alpha value is -1.21. The summed E-state index contributed by atoms with van der Waals surface area (Å²) in [6, 6.07) is 8.14. The van der Waals surface area contributed by atoms with Gasteiger partial charge in [0.2, 0.25) is 0 Å². The summed E-state index contributed by atoms with van der Waals surface area (Å²) >= 11 is 6.78. The van der Waals surface area contributed by atoms with Crippen LogP contribution in [-0.4, -0.2) is 48.1 Å². The van der Waals surface area contributed by atoms with Crippen LogP contribution in [0.5, 0.6) is 0 Å². The third-order valence-electron chi connectivity index (χ3n) is 3.83. The summed E-state index contributed by atoms with van der Waals surface area (Å²) in [7, 11) is 0. The molecule has 2 saturated heterocycles. The SMILES string of the molecule is Cc1ccc(/C=C2/SC(=S)N(C[NH+]3CCOCC3)C2=O)cc1. The first-order valence-electron chi connectivity index (χ1n) is 7.37. The molecule has 3 rings (SSSR count). The number of nitrogens with zero attached hydrogens (tertiary/aromatic N) is 1.